The van der Waals surface area contributed by atoms with Crippen LogP contribution in [0, 0.1) is 5.82 Å². The van der Waals surface area contributed by atoms with Gasteiger partial charge in [0.1, 0.15) is 11.6 Å². The van der Waals surface area contributed by atoms with E-state index in [1.165, 1.54) is 19.3 Å². The fraction of sp³-hybridized carbons (Fsp3) is 0.333. The maximum Gasteiger partial charge on any atom is 0.424 e. The Labute approximate surface area is 148 Å². The van der Waals surface area contributed by atoms with Crippen molar-refractivity contribution in [1.29, 1.82) is 0 Å². The van der Waals surface area contributed by atoms with Crippen molar-refractivity contribution in [2.45, 2.75) is 18.2 Å². The van der Waals surface area contributed by atoms with Gasteiger partial charge in [0.25, 0.3) is 5.91 Å². The van der Waals surface area contributed by atoms with Crippen LogP contribution in [0.2, 0.25) is 0 Å². The number of nitrogens with one attached hydrogen (secondary N) is 1. The van der Waals surface area contributed by atoms with E-state index >= 15 is 0 Å². The molecule has 0 radical (unpaired) electrons. The van der Waals surface area contributed by atoms with Crippen LogP contribution < -0.4 is 5.32 Å². The molecule has 2 aromatic rings. The first kappa shape index (κ1) is 19.4. The zero-order valence-electron chi connectivity index (χ0n) is 12.9. The van der Waals surface area contributed by atoms with Crippen molar-refractivity contribution in [3.63, 3.8) is 0 Å². The summed E-state index contributed by atoms with van der Waals surface area (Å²) >= 11 is 3.07. The molecule has 0 aliphatic heterocycles. The minimum absolute atomic E-state index is 0.0625. The number of aryl methyl sites for hydroxylation is 1. The third kappa shape index (κ3) is 4.01. The molecule has 136 valence electrons. The molecule has 0 fully saturated rings. The molecule has 5 nitrogen and oxygen atoms in total. The topological polar surface area (TPSA) is 67.2 Å². The lowest BCUT2D eigenvalue weighted by Gasteiger charge is -2.30. The van der Waals surface area contributed by atoms with Crippen molar-refractivity contribution >= 4 is 21.8 Å². The van der Waals surface area contributed by atoms with Gasteiger partial charge < -0.3 is 15.0 Å². The summed E-state index contributed by atoms with van der Waals surface area (Å²) in [5, 5.41) is 12.4. The summed E-state index contributed by atoms with van der Waals surface area (Å²) in [6.45, 7) is -0.495. The van der Waals surface area contributed by atoms with Gasteiger partial charge in [-0.1, -0.05) is 0 Å². The fourth-order valence-electron chi connectivity index (χ4n) is 2.27. The zero-order chi connectivity index (χ0) is 18.8. The Kier molecular flexibility index (Phi) is 5.52. The highest BCUT2D eigenvalue weighted by Gasteiger charge is 2.57. The van der Waals surface area contributed by atoms with Crippen molar-refractivity contribution in [2.75, 3.05) is 6.54 Å². The molecule has 1 atom stereocenters. The van der Waals surface area contributed by atoms with Crippen LogP contribution in [0.4, 0.5) is 17.6 Å². The number of alkyl halides is 3. The fourth-order valence-corrected chi connectivity index (χ4v) is 2.69. The van der Waals surface area contributed by atoms with Crippen LogP contribution in [-0.2, 0) is 12.6 Å². The zero-order valence-corrected chi connectivity index (χ0v) is 14.5. The molecule has 10 heteroatoms. The summed E-state index contributed by atoms with van der Waals surface area (Å²) in [5.74, 6) is -2.01. The Balaban J connectivity index is 2.13. The van der Waals surface area contributed by atoms with Crippen LogP contribution in [0.5, 0.6) is 0 Å². The number of aliphatic hydroxyl groups is 1. The molecule has 1 unspecified atom stereocenters. The predicted molar refractivity (Wildman–Crippen MR) is 84.2 cm³/mol. The Morgan fingerprint density at radius 3 is 2.64 bits per heavy atom. The second-order valence-corrected chi connectivity index (χ2v) is 6.20. The third-order valence-corrected chi connectivity index (χ3v) is 4.30. The number of carbonyl (C=O) groups excluding carboxylic acids is 1. The average Bonchev–Trinajstić information content (AvgIpc) is 2.94. The number of rotatable bonds is 5. The molecule has 1 amide bonds. The molecular formula is C15H14BrF4N3O2. The molecule has 0 aliphatic carbocycles. The summed E-state index contributed by atoms with van der Waals surface area (Å²) in [6.07, 6.45) is -3.43. The van der Waals surface area contributed by atoms with Crippen LogP contribution in [0.25, 0.3) is 0 Å². The van der Waals surface area contributed by atoms with Gasteiger partial charge in [-0.15, -0.1) is 0 Å². The number of imidazole rings is 1. The standard InChI is InChI=1S/C15H14BrF4N3O2/c1-23-7-6-22-13(23)14(25,15(18,19)20)4-5-21-12(24)10-8-9(17)2-3-11(10)16/h2-3,6-8,25H,4-5H2,1H3,(H,21,24). The lowest BCUT2D eigenvalue weighted by molar-refractivity contribution is -0.272. The highest BCUT2D eigenvalue weighted by Crippen LogP contribution is 2.40. The van der Waals surface area contributed by atoms with Gasteiger partial charge in [-0.05, 0) is 34.1 Å². The number of halogens is 5. The normalized spacial score (nSPS) is 14.2. The minimum Gasteiger partial charge on any atom is -0.374 e. The second-order valence-electron chi connectivity index (χ2n) is 5.35. The molecule has 2 rings (SSSR count). The first-order chi connectivity index (χ1) is 11.6. The van der Waals surface area contributed by atoms with E-state index in [0.29, 0.717) is 4.47 Å². The van der Waals surface area contributed by atoms with Crippen molar-refractivity contribution in [1.82, 2.24) is 14.9 Å². The predicted octanol–water partition coefficient (Wildman–Crippen LogP) is 2.89. The molecule has 1 aromatic carbocycles. The van der Waals surface area contributed by atoms with Crippen LogP contribution >= 0.6 is 15.9 Å². The van der Waals surface area contributed by atoms with E-state index in [4.69, 9.17) is 0 Å². The Hall–Kier alpha value is -1.94. The Morgan fingerprint density at radius 1 is 1.40 bits per heavy atom. The maximum atomic E-state index is 13.3. The van der Waals surface area contributed by atoms with Crippen molar-refractivity contribution in [3.05, 3.63) is 52.3 Å². The number of aromatic nitrogens is 2. The summed E-state index contributed by atoms with van der Waals surface area (Å²) in [4.78, 5) is 15.6. The van der Waals surface area contributed by atoms with Crippen LogP contribution in [0.1, 0.15) is 22.6 Å². The van der Waals surface area contributed by atoms with E-state index in [1.807, 2.05) is 0 Å². The summed E-state index contributed by atoms with van der Waals surface area (Å²) in [5.41, 5.74) is -3.29. The molecule has 0 spiro atoms. The number of amides is 1. The summed E-state index contributed by atoms with van der Waals surface area (Å²) in [7, 11) is 1.32. The van der Waals surface area contributed by atoms with Crippen molar-refractivity contribution in [3.8, 4) is 0 Å². The number of benzene rings is 1. The van der Waals surface area contributed by atoms with Gasteiger partial charge in [-0.3, -0.25) is 4.79 Å². The van der Waals surface area contributed by atoms with Gasteiger partial charge in [0, 0.05) is 36.9 Å². The molecule has 0 saturated carbocycles. The van der Waals surface area contributed by atoms with Gasteiger partial charge in [-0.25, -0.2) is 9.37 Å². The van der Waals surface area contributed by atoms with Gasteiger partial charge in [0.15, 0.2) is 0 Å². The van der Waals surface area contributed by atoms with Crippen LogP contribution in [0.15, 0.2) is 35.1 Å². The molecule has 0 aliphatic rings. The van der Waals surface area contributed by atoms with E-state index in [2.05, 4.69) is 26.2 Å². The molecule has 2 N–H and O–H groups in total. The first-order valence-electron chi connectivity index (χ1n) is 7.06. The number of hydrogen-bond donors (Lipinski definition) is 2. The third-order valence-electron chi connectivity index (χ3n) is 3.61. The molecule has 0 saturated heterocycles. The van der Waals surface area contributed by atoms with Crippen molar-refractivity contribution < 1.29 is 27.5 Å². The van der Waals surface area contributed by atoms with Crippen LogP contribution in [-0.4, -0.2) is 33.3 Å². The van der Waals surface area contributed by atoms with Crippen LogP contribution in [0.3, 0.4) is 0 Å². The lowest BCUT2D eigenvalue weighted by Crippen LogP contribution is -2.46. The Bertz CT molecular complexity index is 778. The highest BCUT2D eigenvalue weighted by molar-refractivity contribution is 9.10. The van der Waals surface area contributed by atoms with E-state index < -0.39 is 42.3 Å². The van der Waals surface area contributed by atoms with Gasteiger partial charge in [0.05, 0.1) is 5.56 Å². The number of hydrogen-bond acceptors (Lipinski definition) is 3. The molecular weight excluding hydrogens is 410 g/mol. The summed E-state index contributed by atoms with van der Waals surface area (Å²) < 4.78 is 54.6. The highest BCUT2D eigenvalue weighted by atomic mass is 79.9. The maximum absolute atomic E-state index is 13.3. The van der Waals surface area contributed by atoms with E-state index in [-0.39, 0.29) is 5.56 Å². The lowest BCUT2D eigenvalue weighted by atomic mass is 9.97. The SMILES string of the molecule is Cn1ccnc1C(O)(CCNC(=O)c1cc(F)ccc1Br)C(F)(F)F. The summed E-state index contributed by atoms with van der Waals surface area (Å²) in [6, 6.07) is 3.39. The first-order valence-corrected chi connectivity index (χ1v) is 7.85. The van der Waals surface area contributed by atoms with E-state index in [0.717, 1.165) is 22.9 Å². The average molecular weight is 424 g/mol. The number of carbonyl (C=O) groups is 1. The molecule has 1 aromatic heterocycles. The van der Waals surface area contributed by atoms with Gasteiger partial charge in [0.2, 0.25) is 5.60 Å². The minimum atomic E-state index is -4.99. The monoisotopic (exact) mass is 423 g/mol. The van der Waals surface area contributed by atoms with Gasteiger partial charge in [-0.2, -0.15) is 13.2 Å². The smallest absolute Gasteiger partial charge is 0.374 e. The van der Waals surface area contributed by atoms with E-state index in [1.54, 1.807) is 0 Å². The largest absolute Gasteiger partial charge is 0.424 e. The second kappa shape index (κ2) is 7.12. The number of nitrogens with zero attached hydrogens (tertiary/aromatic N) is 2. The molecule has 0 bridgehead atoms. The Morgan fingerprint density at radius 2 is 2.08 bits per heavy atom. The van der Waals surface area contributed by atoms with E-state index in [9.17, 15) is 27.5 Å². The van der Waals surface area contributed by atoms with Crippen molar-refractivity contribution in [2.24, 2.45) is 7.05 Å². The quantitative estimate of drug-likeness (QED) is 0.726. The molecule has 25 heavy (non-hydrogen) atoms. The molecule has 1 heterocycles. The van der Waals surface area contributed by atoms with Gasteiger partial charge >= 0.3 is 6.18 Å².